The first-order chi connectivity index (χ1) is 14.9. The molecule has 160 valence electrons. The van der Waals surface area contributed by atoms with Gasteiger partial charge in [-0.1, -0.05) is 17.8 Å². The Hall–Kier alpha value is -2.62. The lowest BCUT2D eigenvalue weighted by Gasteiger charge is -2.29. The zero-order chi connectivity index (χ0) is 21.8. The summed E-state index contributed by atoms with van der Waals surface area (Å²) in [6.45, 7) is 8.43. The van der Waals surface area contributed by atoms with E-state index in [-0.39, 0.29) is 11.2 Å². The van der Waals surface area contributed by atoms with E-state index in [2.05, 4.69) is 30.6 Å². The van der Waals surface area contributed by atoms with E-state index in [4.69, 9.17) is 9.47 Å². The van der Waals surface area contributed by atoms with Crippen LogP contribution in [0.2, 0.25) is 0 Å². The molecule has 1 aliphatic heterocycles. The molecule has 0 saturated carbocycles. The Kier molecular flexibility index (Phi) is 4.91. The zero-order valence-electron chi connectivity index (χ0n) is 17.5. The zero-order valence-corrected chi connectivity index (χ0v) is 19.2. The van der Waals surface area contributed by atoms with E-state index in [1.807, 2.05) is 34.7 Å². The second-order valence-corrected chi connectivity index (χ2v) is 10.0. The fourth-order valence-electron chi connectivity index (χ4n) is 3.90. The van der Waals surface area contributed by atoms with Crippen molar-refractivity contribution in [1.29, 1.82) is 0 Å². The lowest BCUT2D eigenvalue weighted by atomic mass is 9.94. The van der Waals surface area contributed by atoms with E-state index in [1.54, 1.807) is 34.8 Å². The Balaban J connectivity index is 1.87. The van der Waals surface area contributed by atoms with E-state index in [0.29, 0.717) is 24.6 Å². The van der Waals surface area contributed by atoms with Gasteiger partial charge in [-0.25, -0.2) is 8.97 Å². The summed E-state index contributed by atoms with van der Waals surface area (Å²) in [5.41, 5.74) is 1.38. The number of rotatable bonds is 5. The summed E-state index contributed by atoms with van der Waals surface area (Å²) in [6.07, 6.45) is 2.52. The summed E-state index contributed by atoms with van der Waals surface area (Å²) in [5, 5.41) is 10.3. The third-order valence-corrected chi connectivity index (χ3v) is 7.48. The van der Waals surface area contributed by atoms with Crippen LogP contribution in [0.3, 0.4) is 0 Å². The van der Waals surface area contributed by atoms with Crippen molar-refractivity contribution < 1.29 is 9.47 Å². The minimum absolute atomic E-state index is 0.0875. The van der Waals surface area contributed by atoms with Crippen LogP contribution in [-0.2, 0) is 17.8 Å². The van der Waals surface area contributed by atoms with Gasteiger partial charge in [-0.2, -0.15) is 0 Å². The second kappa shape index (κ2) is 7.51. The number of thioether (sulfide) groups is 1. The molecular weight excluding hydrogens is 432 g/mol. The molecular formula is C22H22N4O3S2. The number of nitrogens with zero attached hydrogens (tertiary/aromatic N) is 4. The second-order valence-electron chi connectivity index (χ2n) is 7.97. The smallest absolute Gasteiger partial charge is 0.268 e. The summed E-state index contributed by atoms with van der Waals surface area (Å²) in [5.74, 6) is 1.92. The fraction of sp³-hybridized carbons (Fsp3) is 0.318. The van der Waals surface area contributed by atoms with Gasteiger partial charge in [-0.05, 0) is 43.7 Å². The summed E-state index contributed by atoms with van der Waals surface area (Å²) >= 11 is 3.14. The van der Waals surface area contributed by atoms with Gasteiger partial charge in [-0.15, -0.1) is 28.1 Å². The van der Waals surface area contributed by atoms with Crippen molar-refractivity contribution in [3.05, 3.63) is 57.7 Å². The molecule has 1 aromatic carbocycles. The van der Waals surface area contributed by atoms with Crippen LogP contribution in [0.25, 0.3) is 21.7 Å². The molecule has 0 fully saturated rings. The van der Waals surface area contributed by atoms with Crippen LogP contribution in [0.15, 0.2) is 46.9 Å². The van der Waals surface area contributed by atoms with Crippen LogP contribution in [0.4, 0.5) is 0 Å². The molecule has 0 saturated heterocycles. The van der Waals surface area contributed by atoms with E-state index in [9.17, 15) is 4.79 Å². The average molecular weight is 455 g/mol. The summed E-state index contributed by atoms with van der Waals surface area (Å²) in [4.78, 5) is 15.8. The Labute approximate surface area is 187 Å². The molecule has 0 N–H and O–H groups in total. The van der Waals surface area contributed by atoms with Gasteiger partial charge in [0.2, 0.25) is 5.78 Å². The third kappa shape index (κ3) is 3.28. The number of ether oxygens (including phenoxy) is 2. The highest BCUT2D eigenvalue weighted by molar-refractivity contribution is 7.99. The van der Waals surface area contributed by atoms with Gasteiger partial charge in [0.15, 0.2) is 5.16 Å². The monoisotopic (exact) mass is 454 g/mol. The maximum absolute atomic E-state index is 13.9. The van der Waals surface area contributed by atoms with E-state index in [1.165, 1.54) is 0 Å². The lowest BCUT2D eigenvalue weighted by molar-refractivity contribution is -0.0379. The summed E-state index contributed by atoms with van der Waals surface area (Å²) < 4.78 is 14.9. The molecule has 0 amide bonds. The van der Waals surface area contributed by atoms with Crippen LogP contribution in [0.5, 0.6) is 5.75 Å². The molecule has 9 heteroatoms. The summed E-state index contributed by atoms with van der Waals surface area (Å²) in [7, 11) is 1.62. The van der Waals surface area contributed by atoms with Crippen molar-refractivity contribution >= 4 is 39.1 Å². The number of aromatic nitrogens is 4. The van der Waals surface area contributed by atoms with Crippen molar-refractivity contribution in [2.45, 2.75) is 37.6 Å². The van der Waals surface area contributed by atoms with Gasteiger partial charge in [0.1, 0.15) is 10.6 Å². The van der Waals surface area contributed by atoms with Gasteiger partial charge < -0.3 is 9.47 Å². The molecule has 0 unspecified atom stereocenters. The molecule has 31 heavy (non-hydrogen) atoms. The molecule has 4 heterocycles. The SMILES string of the molecule is C=CCSc1nnc2n(-c3ccc(OC)cc3)c(=O)c3c4c(sc3n12)COC(C)(C)C4. The Morgan fingerprint density at radius 2 is 2.10 bits per heavy atom. The molecule has 0 atom stereocenters. The van der Waals surface area contributed by atoms with Crippen LogP contribution < -0.4 is 10.3 Å². The fourth-order valence-corrected chi connectivity index (χ4v) is 5.84. The number of benzene rings is 1. The number of hydrogen-bond donors (Lipinski definition) is 0. The van der Waals surface area contributed by atoms with Gasteiger partial charge in [-0.3, -0.25) is 4.79 Å². The number of thiophene rings is 1. The van der Waals surface area contributed by atoms with Crippen LogP contribution in [0, 0.1) is 0 Å². The quantitative estimate of drug-likeness (QED) is 0.332. The maximum Gasteiger partial charge on any atom is 0.268 e. The molecule has 1 aliphatic rings. The summed E-state index contributed by atoms with van der Waals surface area (Å²) in [6, 6.07) is 7.41. The number of methoxy groups -OCH3 is 1. The van der Waals surface area contributed by atoms with E-state index in [0.717, 1.165) is 37.3 Å². The molecule has 0 spiro atoms. The van der Waals surface area contributed by atoms with Crippen LogP contribution in [-0.4, -0.2) is 37.6 Å². The van der Waals surface area contributed by atoms with Crippen molar-refractivity contribution in [3.8, 4) is 11.4 Å². The normalized spacial score (nSPS) is 15.3. The Bertz CT molecular complexity index is 1370. The molecule has 4 aromatic rings. The van der Waals surface area contributed by atoms with Crippen molar-refractivity contribution in [2.75, 3.05) is 12.9 Å². The molecule has 0 aliphatic carbocycles. The highest BCUT2D eigenvalue weighted by Gasteiger charge is 2.32. The minimum Gasteiger partial charge on any atom is -0.497 e. The molecule has 3 aromatic heterocycles. The van der Waals surface area contributed by atoms with Crippen molar-refractivity contribution in [2.24, 2.45) is 0 Å². The predicted molar refractivity (Wildman–Crippen MR) is 124 cm³/mol. The predicted octanol–water partition coefficient (Wildman–Crippen LogP) is 4.23. The van der Waals surface area contributed by atoms with E-state index < -0.39 is 0 Å². The Morgan fingerprint density at radius 3 is 2.81 bits per heavy atom. The first-order valence-electron chi connectivity index (χ1n) is 9.90. The van der Waals surface area contributed by atoms with E-state index >= 15 is 0 Å². The molecule has 0 radical (unpaired) electrons. The minimum atomic E-state index is -0.319. The van der Waals surface area contributed by atoms with Gasteiger partial charge >= 0.3 is 0 Å². The topological polar surface area (TPSA) is 70.7 Å². The number of fused-ring (bicyclic) bond motifs is 5. The molecule has 0 bridgehead atoms. The van der Waals surface area contributed by atoms with Gasteiger partial charge in [0, 0.05) is 17.1 Å². The highest BCUT2D eigenvalue weighted by Crippen LogP contribution is 2.39. The van der Waals surface area contributed by atoms with Gasteiger partial charge in [0.05, 0.1) is 30.4 Å². The standard InChI is InChI=1S/C22H22N4O3S2/c1-5-10-30-21-24-23-20-25(13-6-8-14(28-4)9-7-13)18(27)17-15-11-22(2,3)29-12-16(15)31-19(17)26(20)21/h5-9H,1,10-12H2,2-4H3. The highest BCUT2D eigenvalue weighted by atomic mass is 32.2. The van der Waals surface area contributed by atoms with Crippen molar-refractivity contribution in [3.63, 3.8) is 0 Å². The largest absolute Gasteiger partial charge is 0.497 e. The first-order valence-corrected chi connectivity index (χ1v) is 11.7. The molecule has 7 nitrogen and oxygen atoms in total. The van der Waals surface area contributed by atoms with Crippen LogP contribution >= 0.6 is 23.1 Å². The lowest BCUT2D eigenvalue weighted by Crippen LogP contribution is -2.32. The van der Waals surface area contributed by atoms with Crippen molar-refractivity contribution in [1.82, 2.24) is 19.2 Å². The third-order valence-electron chi connectivity index (χ3n) is 5.37. The maximum atomic E-state index is 13.9. The number of hydrogen-bond acceptors (Lipinski definition) is 7. The average Bonchev–Trinajstić information content (AvgIpc) is 3.33. The van der Waals surface area contributed by atoms with Gasteiger partial charge in [0.25, 0.3) is 5.56 Å². The Morgan fingerprint density at radius 1 is 1.32 bits per heavy atom. The first kappa shape index (κ1) is 20.3. The molecule has 5 rings (SSSR count). The van der Waals surface area contributed by atoms with Crippen LogP contribution in [0.1, 0.15) is 24.3 Å².